The SMILES string of the molecule is CS(=O)(=O)[C@H](Br)C(=O)c1ccc(N)cc1. The number of anilines is 1. The number of Topliss-reactive ketones (excluding diaryl/α,β-unsaturated/α-hetero) is 1. The second kappa shape index (κ2) is 4.32. The lowest BCUT2D eigenvalue weighted by Crippen LogP contribution is -2.23. The summed E-state index contributed by atoms with van der Waals surface area (Å²) in [6, 6.07) is 6.10. The maximum Gasteiger partial charge on any atom is 0.191 e. The number of carbonyl (C=O) groups is 1. The third kappa shape index (κ3) is 3.04. The Kier molecular flexibility index (Phi) is 3.51. The minimum absolute atomic E-state index is 0.316. The van der Waals surface area contributed by atoms with Gasteiger partial charge >= 0.3 is 0 Å². The predicted octanol–water partition coefficient (Wildman–Crippen LogP) is 1.22. The van der Waals surface area contributed by atoms with Crippen LogP contribution in [0.25, 0.3) is 0 Å². The Morgan fingerprint density at radius 3 is 2.20 bits per heavy atom. The molecule has 0 unspecified atom stereocenters. The van der Waals surface area contributed by atoms with E-state index in [4.69, 9.17) is 5.73 Å². The maximum atomic E-state index is 11.6. The van der Waals surface area contributed by atoms with Crippen molar-refractivity contribution in [2.75, 3.05) is 12.0 Å². The first kappa shape index (κ1) is 12.2. The molecular weight excluding hydrogens is 282 g/mol. The molecule has 4 nitrogen and oxygen atoms in total. The number of ketones is 1. The Bertz CT molecular complexity index is 467. The standard InChI is InChI=1S/C9H10BrNO3S/c1-15(13,14)9(10)8(12)6-2-4-7(11)5-3-6/h2-5,9H,11H2,1H3/t9-/m0/s1. The normalized spacial score (nSPS) is 13.5. The van der Waals surface area contributed by atoms with E-state index < -0.39 is 19.8 Å². The van der Waals surface area contributed by atoms with Crippen molar-refractivity contribution in [1.29, 1.82) is 0 Å². The number of alkyl halides is 1. The Balaban J connectivity index is 3.01. The van der Waals surface area contributed by atoms with Crippen molar-refractivity contribution in [1.82, 2.24) is 0 Å². The quantitative estimate of drug-likeness (QED) is 0.516. The summed E-state index contributed by atoms with van der Waals surface area (Å²) in [6.07, 6.45) is 1.00. The van der Waals surface area contributed by atoms with Gasteiger partial charge in [-0.3, -0.25) is 4.79 Å². The molecule has 1 rings (SSSR count). The minimum Gasteiger partial charge on any atom is -0.399 e. The summed E-state index contributed by atoms with van der Waals surface area (Å²) in [7, 11) is -3.42. The fraction of sp³-hybridized carbons (Fsp3) is 0.222. The van der Waals surface area contributed by atoms with E-state index in [1.54, 1.807) is 12.1 Å². The summed E-state index contributed by atoms with van der Waals surface area (Å²) in [5, 5.41) is 0. The molecule has 0 amide bonds. The number of halogens is 1. The molecule has 0 saturated carbocycles. The van der Waals surface area contributed by atoms with Gasteiger partial charge in [-0.1, -0.05) is 15.9 Å². The molecule has 0 aliphatic heterocycles. The number of hydrogen-bond donors (Lipinski definition) is 1. The van der Waals surface area contributed by atoms with Gasteiger partial charge in [0, 0.05) is 17.5 Å². The number of nitrogen functional groups attached to an aromatic ring is 1. The number of rotatable bonds is 3. The molecule has 0 aliphatic carbocycles. The van der Waals surface area contributed by atoms with Crippen molar-refractivity contribution >= 4 is 37.2 Å². The van der Waals surface area contributed by atoms with Crippen molar-refractivity contribution in [3.63, 3.8) is 0 Å². The maximum absolute atomic E-state index is 11.6. The highest BCUT2D eigenvalue weighted by atomic mass is 79.9. The van der Waals surface area contributed by atoms with Crippen molar-refractivity contribution in [2.24, 2.45) is 0 Å². The van der Waals surface area contributed by atoms with Gasteiger partial charge in [-0.2, -0.15) is 0 Å². The summed E-state index contributed by atoms with van der Waals surface area (Å²) < 4.78 is 21.0. The zero-order valence-corrected chi connectivity index (χ0v) is 10.4. The summed E-state index contributed by atoms with van der Waals surface area (Å²) in [5.74, 6) is -0.488. The van der Waals surface area contributed by atoms with E-state index in [9.17, 15) is 13.2 Å². The summed E-state index contributed by atoms with van der Waals surface area (Å²) in [4.78, 5) is 11.6. The smallest absolute Gasteiger partial charge is 0.191 e. The highest BCUT2D eigenvalue weighted by Crippen LogP contribution is 2.16. The molecule has 15 heavy (non-hydrogen) atoms. The number of hydrogen-bond acceptors (Lipinski definition) is 4. The molecule has 0 bridgehead atoms. The molecule has 82 valence electrons. The largest absolute Gasteiger partial charge is 0.399 e. The van der Waals surface area contributed by atoms with E-state index in [2.05, 4.69) is 15.9 Å². The number of sulfone groups is 1. The van der Waals surface area contributed by atoms with Crippen molar-refractivity contribution in [2.45, 2.75) is 4.16 Å². The molecule has 0 spiro atoms. The fourth-order valence-corrected chi connectivity index (χ4v) is 1.76. The van der Waals surface area contributed by atoms with Crippen LogP contribution in [0.2, 0.25) is 0 Å². The van der Waals surface area contributed by atoms with Gasteiger partial charge in [-0.05, 0) is 24.3 Å². The third-order valence-corrected chi connectivity index (χ3v) is 5.20. The average Bonchev–Trinajstić information content (AvgIpc) is 2.15. The second-order valence-corrected chi connectivity index (χ2v) is 6.78. The van der Waals surface area contributed by atoms with Gasteiger partial charge in [-0.15, -0.1) is 0 Å². The first-order chi connectivity index (χ1) is 6.82. The summed E-state index contributed by atoms with van der Waals surface area (Å²) >= 11 is 2.85. The lowest BCUT2D eigenvalue weighted by atomic mass is 10.1. The first-order valence-electron chi connectivity index (χ1n) is 4.05. The summed E-state index contributed by atoms with van der Waals surface area (Å²) in [5.41, 5.74) is 6.29. The lowest BCUT2D eigenvalue weighted by Gasteiger charge is -2.06. The van der Waals surface area contributed by atoms with Crippen LogP contribution in [-0.4, -0.2) is 24.6 Å². The van der Waals surface area contributed by atoms with Gasteiger partial charge < -0.3 is 5.73 Å². The molecule has 1 aromatic rings. The van der Waals surface area contributed by atoms with Crippen LogP contribution in [0.4, 0.5) is 5.69 Å². The van der Waals surface area contributed by atoms with Gasteiger partial charge in [0.25, 0.3) is 0 Å². The molecule has 0 aliphatic rings. The van der Waals surface area contributed by atoms with Crippen LogP contribution in [0.5, 0.6) is 0 Å². The molecule has 6 heteroatoms. The Morgan fingerprint density at radius 1 is 1.33 bits per heavy atom. The van der Waals surface area contributed by atoms with Gasteiger partial charge in [-0.25, -0.2) is 8.42 Å². The van der Waals surface area contributed by atoms with E-state index in [0.717, 1.165) is 6.26 Å². The lowest BCUT2D eigenvalue weighted by molar-refractivity contribution is 0.101. The zero-order chi connectivity index (χ0) is 11.6. The topological polar surface area (TPSA) is 77.2 Å². The van der Waals surface area contributed by atoms with Crippen LogP contribution in [0, 0.1) is 0 Å². The molecule has 1 atom stereocenters. The van der Waals surface area contributed by atoms with Crippen LogP contribution in [0.15, 0.2) is 24.3 Å². The van der Waals surface area contributed by atoms with Gasteiger partial charge in [0.05, 0.1) is 0 Å². The average molecular weight is 292 g/mol. The van der Waals surface area contributed by atoms with Gasteiger partial charge in [0.15, 0.2) is 19.8 Å². The minimum atomic E-state index is -3.42. The van der Waals surface area contributed by atoms with Crippen LogP contribution < -0.4 is 5.73 Å². The second-order valence-electron chi connectivity index (χ2n) is 3.13. The van der Waals surface area contributed by atoms with Crippen LogP contribution in [0.3, 0.4) is 0 Å². The van der Waals surface area contributed by atoms with E-state index in [-0.39, 0.29) is 0 Å². The molecular formula is C9H10BrNO3S. The Morgan fingerprint density at radius 2 is 1.80 bits per heavy atom. The van der Waals surface area contributed by atoms with Crippen molar-refractivity contribution in [3.8, 4) is 0 Å². The van der Waals surface area contributed by atoms with E-state index in [1.807, 2.05) is 0 Å². The highest BCUT2D eigenvalue weighted by molar-refractivity contribution is 9.11. The van der Waals surface area contributed by atoms with Crippen LogP contribution in [-0.2, 0) is 9.84 Å². The van der Waals surface area contributed by atoms with Crippen molar-refractivity contribution < 1.29 is 13.2 Å². The fourth-order valence-electron chi connectivity index (χ4n) is 0.973. The molecule has 0 aromatic heterocycles. The number of nitrogens with two attached hydrogens (primary N) is 1. The molecule has 0 heterocycles. The Labute approximate surface area is 96.5 Å². The van der Waals surface area contributed by atoms with E-state index in [1.165, 1.54) is 12.1 Å². The molecule has 0 saturated heterocycles. The van der Waals surface area contributed by atoms with Gasteiger partial charge in [0.1, 0.15) is 0 Å². The predicted molar refractivity (Wildman–Crippen MR) is 62.7 cm³/mol. The van der Waals surface area contributed by atoms with E-state index in [0.29, 0.717) is 11.3 Å². The number of carbonyl (C=O) groups excluding carboxylic acids is 1. The van der Waals surface area contributed by atoms with Gasteiger partial charge in [0.2, 0.25) is 0 Å². The summed E-state index contributed by atoms with van der Waals surface area (Å²) in [6.45, 7) is 0. The highest BCUT2D eigenvalue weighted by Gasteiger charge is 2.26. The monoisotopic (exact) mass is 291 g/mol. The first-order valence-corrected chi connectivity index (χ1v) is 6.92. The molecule has 0 radical (unpaired) electrons. The zero-order valence-electron chi connectivity index (χ0n) is 7.98. The van der Waals surface area contributed by atoms with Crippen molar-refractivity contribution in [3.05, 3.63) is 29.8 Å². The third-order valence-electron chi connectivity index (χ3n) is 1.78. The molecule has 2 N–H and O–H groups in total. The Hall–Kier alpha value is -0.880. The number of benzene rings is 1. The van der Waals surface area contributed by atoms with E-state index >= 15 is 0 Å². The molecule has 0 fully saturated rings. The van der Waals surface area contributed by atoms with Crippen LogP contribution in [0.1, 0.15) is 10.4 Å². The van der Waals surface area contributed by atoms with Crippen LogP contribution >= 0.6 is 15.9 Å². The molecule has 1 aromatic carbocycles.